The maximum atomic E-state index is 12.0. The van der Waals surface area contributed by atoms with E-state index in [1.54, 1.807) is 13.3 Å². The standard InChI is InChI=1S/C15H24N4O2/c1-11(2)14(20)19-7-6-12(10-19)18-15(16-3)17-9-13-5-4-8-21-13/h4-5,8,11-12H,6-7,9-10H2,1-3H3,(H2,16,17,18). The molecular formula is C15H24N4O2. The Morgan fingerprint density at radius 2 is 2.38 bits per heavy atom. The molecular weight excluding hydrogens is 268 g/mol. The van der Waals surface area contributed by atoms with Gasteiger partial charge in [0.2, 0.25) is 5.91 Å². The summed E-state index contributed by atoms with van der Waals surface area (Å²) in [5.41, 5.74) is 0. The highest BCUT2D eigenvalue weighted by Gasteiger charge is 2.27. The van der Waals surface area contributed by atoms with Crippen LogP contribution in [0.5, 0.6) is 0 Å². The van der Waals surface area contributed by atoms with Crippen molar-refractivity contribution in [3.05, 3.63) is 24.2 Å². The molecule has 1 fully saturated rings. The number of nitrogens with one attached hydrogen (secondary N) is 2. The van der Waals surface area contributed by atoms with E-state index in [0.717, 1.165) is 31.2 Å². The van der Waals surface area contributed by atoms with E-state index in [4.69, 9.17) is 4.42 Å². The van der Waals surface area contributed by atoms with Crippen LogP contribution < -0.4 is 10.6 Å². The van der Waals surface area contributed by atoms with Crippen LogP contribution in [0.25, 0.3) is 0 Å². The molecule has 6 heteroatoms. The number of hydrogen-bond acceptors (Lipinski definition) is 3. The van der Waals surface area contributed by atoms with Gasteiger partial charge in [-0.15, -0.1) is 0 Å². The summed E-state index contributed by atoms with van der Waals surface area (Å²) in [4.78, 5) is 18.1. The summed E-state index contributed by atoms with van der Waals surface area (Å²) >= 11 is 0. The van der Waals surface area contributed by atoms with E-state index in [1.165, 1.54) is 0 Å². The number of aliphatic imine (C=N–C) groups is 1. The van der Waals surface area contributed by atoms with Crippen LogP contribution in [0.15, 0.2) is 27.8 Å². The average Bonchev–Trinajstić information content (AvgIpc) is 3.13. The van der Waals surface area contributed by atoms with Crippen LogP contribution >= 0.6 is 0 Å². The van der Waals surface area contributed by atoms with Crippen LogP contribution in [-0.2, 0) is 11.3 Å². The van der Waals surface area contributed by atoms with Gasteiger partial charge in [-0.05, 0) is 18.6 Å². The van der Waals surface area contributed by atoms with E-state index >= 15 is 0 Å². The predicted molar refractivity (Wildman–Crippen MR) is 81.9 cm³/mol. The second kappa shape index (κ2) is 7.15. The molecule has 1 amide bonds. The minimum absolute atomic E-state index is 0.0557. The smallest absolute Gasteiger partial charge is 0.225 e. The molecule has 1 aromatic rings. The molecule has 1 aromatic heterocycles. The molecule has 2 rings (SSSR count). The summed E-state index contributed by atoms with van der Waals surface area (Å²) in [5.74, 6) is 1.87. The molecule has 0 radical (unpaired) electrons. The predicted octanol–water partition coefficient (Wildman–Crippen LogP) is 1.20. The van der Waals surface area contributed by atoms with E-state index in [0.29, 0.717) is 6.54 Å². The summed E-state index contributed by atoms with van der Waals surface area (Å²) in [7, 11) is 1.74. The number of furan rings is 1. The van der Waals surface area contributed by atoms with Gasteiger partial charge in [-0.1, -0.05) is 13.8 Å². The van der Waals surface area contributed by atoms with Crippen LogP contribution in [0, 0.1) is 5.92 Å². The topological polar surface area (TPSA) is 69.9 Å². The zero-order valence-corrected chi connectivity index (χ0v) is 12.9. The monoisotopic (exact) mass is 292 g/mol. The second-order valence-corrected chi connectivity index (χ2v) is 5.57. The zero-order chi connectivity index (χ0) is 15.2. The first-order chi connectivity index (χ1) is 10.1. The lowest BCUT2D eigenvalue weighted by Crippen LogP contribution is -2.45. The van der Waals surface area contributed by atoms with Gasteiger partial charge >= 0.3 is 0 Å². The largest absolute Gasteiger partial charge is 0.467 e. The molecule has 6 nitrogen and oxygen atoms in total. The van der Waals surface area contributed by atoms with Crippen molar-refractivity contribution >= 4 is 11.9 Å². The van der Waals surface area contributed by atoms with Gasteiger partial charge in [0.05, 0.1) is 12.8 Å². The number of carbonyl (C=O) groups is 1. The molecule has 1 aliphatic rings. The Hall–Kier alpha value is -1.98. The molecule has 1 atom stereocenters. The van der Waals surface area contributed by atoms with Gasteiger partial charge in [0, 0.05) is 32.1 Å². The molecule has 0 bridgehead atoms. The molecule has 0 aliphatic carbocycles. The molecule has 1 aliphatic heterocycles. The van der Waals surface area contributed by atoms with Crippen molar-refractivity contribution in [2.45, 2.75) is 32.9 Å². The third-order valence-electron chi connectivity index (χ3n) is 3.57. The van der Waals surface area contributed by atoms with Gasteiger partial charge < -0.3 is 20.0 Å². The van der Waals surface area contributed by atoms with Gasteiger partial charge in [0.1, 0.15) is 5.76 Å². The number of likely N-dealkylation sites (tertiary alicyclic amines) is 1. The van der Waals surface area contributed by atoms with E-state index in [-0.39, 0.29) is 17.9 Å². The van der Waals surface area contributed by atoms with Crippen molar-refractivity contribution in [1.29, 1.82) is 0 Å². The Morgan fingerprint density at radius 1 is 1.57 bits per heavy atom. The minimum Gasteiger partial charge on any atom is -0.467 e. The van der Waals surface area contributed by atoms with Crippen LogP contribution in [-0.4, -0.2) is 42.9 Å². The van der Waals surface area contributed by atoms with Crippen LogP contribution in [0.2, 0.25) is 0 Å². The Kier molecular flexibility index (Phi) is 5.25. The van der Waals surface area contributed by atoms with Crippen molar-refractivity contribution in [1.82, 2.24) is 15.5 Å². The van der Waals surface area contributed by atoms with Crippen molar-refractivity contribution in [3.8, 4) is 0 Å². The first kappa shape index (κ1) is 15.4. The number of carbonyl (C=O) groups excluding carboxylic acids is 1. The van der Waals surface area contributed by atoms with E-state index in [2.05, 4.69) is 15.6 Å². The summed E-state index contributed by atoms with van der Waals surface area (Å²) in [5, 5.41) is 6.56. The highest BCUT2D eigenvalue weighted by atomic mass is 16.3. The van der Waals surface area contributed by atoms with Crippen molar-refractivity contribution in [2.24, 2.45) is 10.9 Å². The Bertz CT molecular complexity index is 482. The fourth-order valence-corrected chi connectivity index (χ4v) is 2.42. The third-order valence-corrected chi connectivity index (χ3v) is 3.57. The maximum absolute atomic E-state index is 12.0. The number of nitrogens with zero attached hydrogens (tertiary/aromatic N) is 2. The second-order valence-electron chi connectivity index (χ2n) is 5.57. The highest BCUT2D eigenvalue weighted by Crippen LogP contribution is 2.12. The normalized spacial score (nSPS) is 19.1. The lowest BCUT2D eigenvalue weighted by molar-refractivity contribution is -0.133. The quantitative estimate of drug-likeness (QED) is 0.646. The van der Waals surface area contributed by atoms with Crippen LogP contribution in [0.4, 0.5) is 0 Å². The molecule has 1 saturated heterocycles. The number of guanidine groups is 1. The molecule has 2 N–H and O–H groups in total. The Labute approximate surface area is 125 Å². The first-order valence-electron chi connectivity index (χ1n) is 7.38. The van der Waals surface area contributed by atoms with Crippen molar-refractivity contribution in [3.63, 3.8) is 0 Å². The average molecular weight is 292 g/mol. The van der Waals surface area contributed by atoms with Crippen LogP contribution in [0.3, 0.4) is 0 Å². The summed E-state index contributed by atoms with van der Waals surface area (Å²) in [6.07, 6.45) is 2.60. The molecule has 1 unspecified atom stereocenters. The SMILES string of the molecule is CN=C(NCc1ccco1)NC1CCN(C(=O)C(C)C)C1. The number of amides is 1. The van der Waals surface area contributed by atoms with Crippen LogP contribution in [0.1, 0.15) is 26.0 Å². The maximum Gasteiger partial charge on any atom is 0.225 e. The summed E-state index contributed by atoms with van der Waals surface area (Å²) in [6.45, 7) is 6.01. The molecule has 0 spiro atoms. The third kappa shape index (κ3) is 4.24. The molecule has 21 heavy (non-hydrogen) atoms. The first-order valence-corrected chi connectivity index (χ1v) is 7.38. The lowest BCUT2D eigenvalue weighted by Gasteiger charge is -2.20. The minimum atomic E-state index is 0.0557. The fourth-order valence-electron chi connectivity index (χ4n) is 2.42. The lowest BCUT2D eigenvalue weighted by atomic mass is 10.2. The molecule has 0 saturated carbocycles. The van der Waals surface area contributed by atoms with E-state index < -0.39 is 0 Å². The highest BCUT2D eigenvalue weighted by molar-refractivity contribution is 5.81. The zero-order valence-electron chi connectivity index (χ0n) is 12.9. The van der Waals surface area contributed by atoms with Crippen molar-refractivity contribution < 1.29 is 9.21 Å². The van der Waals surface area contributed by atoms with Gasteiger partial charge in [0.15, 0.2) is 5.96 Å². The van der Waals surface area contributed by atoms with E-state index in [1.807, 2.05) is 30.9 Å². The number of rotatable bonds is 4. The molecule has 116 valence electrons. The van der Waals surface area contributed by atoms with Gasteiger partial charge in [-0.25, -0.2) is 0 Å². The summed E-state index contributed by atoms with van der Waals surface area (Å²) in [6, 6.07) is 4.02. The van der Waals surface area contributed by atoms with Gasteiger partial charge in [-0.3, -0.25) is 9.79 Å². The fraction of sp³-hybridized carbons (Fsp3) is 0.600. The summed E-state index contributed by atoms with van der Waals surface area (Å²) < 4.78 is 5.28. The van der Waals surface area contributed by atoms with Gasteiger partial charge in [-0.2, -0.15) is 0 Å². The van der Waals surface area contributed by atoms with E-state index in [9.17, 15) is 4.79 Å². The number of hydrogen-bond donors (Lipinski definition) is 2. The molecule has 0 aromatic carbocycles. The van der Waals surface area contributed by atoms with Gasteiger partial charge in [0.25, 0.3) is 0 Å². The Balaban J connectivity index is 1.79. The molecule has 2 heterocycles. The Morgan fingerprint density at radius 3 is 3.00 bits per heavy atom. The van der Waals surface area contributed by atoms with Crippen molar-refractivity contribution in [2.75, 3.05) is 20.1 Å².